The summed E-state index contributed by atoms with van der Waals surface area (Å²) in [6.07, 6.45) is 0. The second kappa shape index (κ2) is 12.1. The van der Waals surface area contributed by atoms with Crippen molar-refractivity contribution < 1.29 is 4.42 Å². The van der Waals surface area contributed by atoms with Crippen molar-refractivity contribution in [3.05, 3.63) is 182 Å². The molecule has 5 nitrogen and oxygen atoms in total. The normalized spacial score (nSPS) is 11.9. The lowest BCUT2D eigenvalue weighted by atomic mass is 9.98. The molecule has 262 valence electrons. The molecule has 0 aliphatic carbocycles. The summed E-state index contributed by atoms with van der Waals surface area (Å²) < 4.78 is 13.6. The van der Waals surface area contributed by atoms with E-state index < -0.39 is 0 Å². The van der Waals surface area contributed by atoms with Crippen LogP contribution in [0.15, 0.2) is 186 Å². The smallest absolute Gasteiger partial charge is 0.248 e. The van der Waals surface area contributed by atoms with E-state index in [1.165, 1.54) is 69.6 Å². The molecule has 0 amide bonds. The van der Waals surface area contributed by atoms with Gasteiger partial charge in [-0.05, 0) is 78.4 Å². The predicted octanol–water partition coefficient (Wildman–Crippen LogP) is 13.6. The van der Waals surface area contributed by atoms with Crippen LogP contribution in [0, 0.1) is 0 Å². The van der Waals surface area contributed by atoms with Crippen LogP contribution in [0.5, 0.6) is 0 Å². The van der Waals surface area contributed by atoms with Crippen LogP contribution in [0.3, 0.4) is 0 Å². The molecule has 4 aromatic heterocycles. The minimum absolute atomic E-state index is 0.489. The fourth-order valence-electron chi connectivity index (χ4n) is 8.65. The first-order valence-corrected chi connectivity index (χ1v) is 19.6. The Labute approximate surface area is 324 Å². The summed E-state index contributed by atoms with van der Waals surface area (Å²) in [5.74, 6) is 0.993. The Morgan fingerprint density at radius 1 is 0.393 bits per heavy atom. The topological polar surface area (TPSA) is 48.8 Å². The van der Waals surface area contributed by atoms with Gasteiger partial charge in [-0.15, -0.1) is 21.5 Å². The van der Waals surface area contributed by atoms with E-state index in [4.69, 9.17) is 4.42 Å². The molecule has 12 aromatic rings. The number of benzene rings is 8. The summed E-state index contributed by atoms with van der Waals surface area (Å²) in [6.45, 7) is 0. The van der Waals surface area contributed by atoms with Crippen LogP contribution in [0.1, 0.15) is 0 Å². The third-order valence-electron chi connectivity index (χ3n) is 11.1. The summed E-state index contributed by atoms with van der Waals surface area (Å²) in [6, 6.07) is 64.9. The average molecular weight is 735 g/mol. The van der Waals surface area contributed by atoms with Crippen molar-refractivity contribution in [2.24, 2.45) is 0 Å². The molecule has 0 saturated carbocycles. The molecule has 4 heterocycles. The van der Waals surface area contributed by atoms with E-state index in [1.54, 1.807) is 0 Å². The Kier molecular flexibility index (Phi) is 6.73. The average Bonchev–Trinajstić information content (AvgIpc) is 4.05. The molecule has 0 aliphatic rings. The first kappa shape index (κ1) is 31.1. The van der Waals surface area contributed by atoms with Crippen molar-refractivity contribution in [1.82, 2.24) is 19.3 Å². The number of rotatable bonds is 5. The minimum atomic E-state index is 0.489. The van der Waals surface area contributed by atoms with Gasteiger partial charge >= 0.3 is 0 Å². The summed E-state index contributed by atoms with van der Waals surface area (Å²) in [4.78, 5) is 0. The molecule has 0 radical (unpaired) electrons. The van der Waals surface area contributed by atoms with Crippen LogP contribution >= 0.6 is 11.3 Å². The molecule has 0 fully saturated rings. The first-order chi connectivity index (χ1) is 27.8. The van der Waals surface area contributed by atoms with E-state index >= 15 is 0 Å². The second-order valence-electron chi connectivity index (χ2n) is 14.2. The highest BCUT2D eigenvalue weighted by molar-refractivity contribution is 7.26. The number of para-hydroxylation sites is 3. The Hall–Kier alpha value is -7.28. The molecule has 0 unspecified atom stereocenters. The van der Waals surface area contributed by atoms with Crippen molar-refractivity contribution in [1.29, 1.82) is 0 Å². The monoisotopic (exact) mass is 734 g/mol. The van der Waals surface area contributed by atoms with Gasteiger partial charge in [-0.25, -0.2) is 0 Å². The zero-order valence-electron chi connectivity index (χ0n) is 29.9. The molecule has 0 spiro atoms. The Morgan fingerprint density at radius 3 is 1.73 bits per heavy atom. The lowest BCUT2D eigenvalue weighted by Crippen LogP contribution is -1.98. The standard InChI is InChI=1S/C50H30N4OS/c1-2-13-31(14-3-1)49-51-52-50(55-49)33-15-12-16-34(29-33)53-41-21-8-6-19-37(41)40-30-32(25-27-44(40)53)47-45(28-26-39-38-20-7-11-24-46(38)56-48(39)47)54-42-22-9-4-17-35(42)36-18-5-10-23-43(36)54/h1-30H. The number of hydrogen-bond acceptors (Lipinski definition) is 4. The lowest BCUT2D eigenvalue weighted by molar-refractivity contribution is 0.584. The van der Waals surface area contributed by atoms with Crippen LogP contribution in [0.2, 0.25) is 0 Å². The Morgan fingerprint density at radius 2 is 0.982 bits per heavy atom. The largest absolute Gasteiger partial charge is 0.416 e. The molecule has 0 saturated heterocycles. The summed E-state index contributed by atoms with van der Waals surface area (Å²) in [5.41, 5.74) is 11.0. The van der Waals surface area contributed by atoms with E-state index in [-0.39, 0.29) is 0 Å². The number of thiophene rings is 1. The van der Waals surface area contributed by atoms with Crippen LogP contribution in [0.4, 0.5) is 0 Å². The van der Waals surface area contributed by atoms with Gasteiger partial charge < -0.3 is 13.6 Å². The molecular formula is C50H30N4OS. The molecule has 56 heavy (non-hydrogen) atoms. The third kappa shape index (κ3) is 4.60. The van der Waals surface area contributed by atoms with Gasteiger partial charge in [0, 0.05) is 64.1 Å². The molecule has 6 heteroatoms. The lowest BCUT2D eigenvalue weighted by Gasteiger charge is -2.16. The second-order valence-corrected chi connectivity index (χ2v) is 15.3. The summed E-state index contributed by atoms with van der Waals surface area (Å²) in [7, 11) is 0. The third-order valence-corrected chi connectivity index (χ3v) is 12.3. The number of hydrogen-bond donors (Lipinski definition) is 0. The fraction of sp³-hybridized carbons (Fsp3) is 0. The molecule has 8 aromatic carbocycles. The SMILES string of the molecule is c1ccc(-c2nnc(-c3cccc(-n4c5ccccc5c5cc(-c6c(-n7c8ccccc8c8ccccc87)ccc7c6sc6ccccc67)ccc54)c3)o2)cc1. The molecular weight excluding hydrogens is 705 g/mol. The van der Waals surface area contributed by atoms with Crippen molar-refractivity contribution in [3.63, 3.8) is 0 Å². The minimum Gasteiger partial charge on any atom is -0.416 e. The highest BCUT2D eigenvalue weighted by atomic mass is 32.1. The van der Waals surface area contributed by atoms with Crippen LogP contribution in [-0.2, 0) is 0 Å². The summed E-state index contributed by atoms with van der Waals surface area (Å²) >= 11 is 1.88. The van der Waals surface area contributed by atoms with Gasteiger partial charge in [-0.1, -0.05) is 109 Å². The maximum Gasteiger partial charge on any atom is 0.248 e. The summed E-state index contributed by atoms with van der Waals surface area (Å²) in [5, 5.41) is 16.3. The molecule has 0 atom stereocenters. The van der Waals surface area contributed by atoms with Gasteiger partial charge in [0.15, 0.2) is 0 Å². The maximum absolute atomic E-state index is 6.19. The van der Waals surface area contributed by atoms with E-state index in [1.807, 2.05) is 47.7 Å². The molecule has 0 N–H and O–H groups in total. The van der Waals surface area contributed by atoms with Crippen LogP contribution in [-0.4, -0.2) is 19.3 Å². The maximum atomic E-state index is 6.19. The predicted molar refractivity (Wildman–Crippen MR) is 232 cm³/mol. The van der Waals surface area contributed by atoms with Gasteiger partial charge in [-0.3, -0.25) is 0 Å². The molecule has 0 aliphatic heterocycles. The highest BCUT2D eigenvalue weighted by Crippen LogP contribution is 2.46. The number of aromatic nitrogens is 4. The van der Waals surface area contributed by atoms with Gasteiger partial charge in [0.1, 0.15) is 0 Å². The van der Waals surface area contributed by atoms with E-state index in [2.05, 4.69) is 165 Å². The van der Waals surface area contributed by atoms with E-state index in [0.29, 0.717) is 11.8 Å². The van der Waals surface area contributed by atoms with Gasteiger partial charge in [0.25, 0.3) is 0 Å². The zero-order valence-corrected chi connectivity index (χ0v) is 30.7. The van der Waals surface area contributed by atoms with E-state index in [9.17, 15) is 0 Å². The quantitative estimate of drug-likeness (QED) is 0.177. The van der Waals surface area contributed by atoms with Crippen LogP contribution < -0.4 is 0 Å². The van der Waals surface area contributed by atoms with E-state index in [0.717, 1.165) is 27.8 Å². The van der Waals surface area contributed by atoms with Crippen LogP contribution in [0.25, 0.3) is 109 Å². The number of nitrogens with zero attached hydrogens (tertiary/aromatic N) is 4. The number of fused-ring (bicyclic) bond motifs is 9. The van der Waals surface area contributed by atoms with Gasteiger partial charge in [0.2, 0.25) is 11.8 Å². The van der Waals surface area contributed by atoms with Crippen molar-refractivity contribution in [2.45, 2.75) is 0 Å². The first-order valence-electron chi connectivity index (χ1n) is 18.7. The Bertz CT molecular complexity index is 3440. The fourth-order valence-corrected chi connectivity index (χ4v) is 9.91. The molecule has 12 rings (SSSR count). The Balaban J connectivity index is 1.09. The molecule has 0 bridgehead atoms. The highest BCUT2D eigenvalue weighted by Gasteiger charge is 2.22. The van der Waals surface area contributed by atoms with Crippen molar-refractivity contribution in [3.8, 4) is 45.4 Å². The van der Waals surface area contributed by atoms with Crippen molar-refractivity contribution in [2.75, 3.05) is 0 Å². The van der Waals surface area contributed by atoms with Gasteiger partial charge in [0.05, 0.1) is 27.8 Å². The van der Waals surface area contributed by atoms with Gasteiger partial charge in [-0.2, -0.15) is 0 Å². The zero-order chi connectivity index (χ0) is 36.7. The van der Waals surface area contributed by atoms with Crippen molar-refractivity contribution >= 4 is 75.1 Å².